The number of benzene rings is 2. The lowest BCUT2D eigenvalue weighted by Gasteiger charge is -2.11. The largest absolute Gasteiger partial charge is 0.383 e. The summed E-state index contributed by atoms with van der Waals surface area (Å²) in [7, 11) is 1.54. The molecule has 0 fully saturated rings. The van der Waals surface area contributed by atoms with Crippen LogP contribution in [0.15, 0.2) is 42.5 Å². The van der Waals surface area contributed by atoms with E-state index in [1.54, 1.807) is 24.3 Å². The molecule has 0 saturated carbocycles. The summed E-state index contributed by atoms with van der Waals surface area (Å²) in [6, 6.07) is 10.2. The van der Waals surface area contributed by atoms with Gasteiger partial charge in [-0.15, -0.1) is 0 Å². The average Bonchev–Trinajstić information content (AvgIpc) is 2.63. The Morgan fingerprint density at radius 3 is 2.58 bits per heavy atom. The first-order chi connectivity index (χ1) is 12.5. The fourth-order valence-corrected chi connectivity index (χ4v) is 2.32. The Morgan fingerprint density at radius 1 is 1.08 bits per heavy atom. The van der Waals surface area contributed by atoms with Gasteiger partial charge in [-0.05, 0) is 36.2 Å². The third-order valence-corrected chi connectivity index (χ3v) is 3.66. The van der Waals surface area contributed by atoms with Gasteiger partial charge in [0.25, 0.3) is 5.91 Å². The number of anilines is 1. The molecule has 26 heavy (non-hydrogen) atoms. The summed E-state index contributed by atoms with van der Waals surface area (Å²) in [4.78, 5) is 24.3. The molecule has 2 aromatic carbocycles. The molecule has 2 N–H and O–H groups in total. The number of rotatable bonds is 8. The highest BCUT2D eigenvalue weighted by Gasteiger charge is 2.13. The van der Waals surface area contributed by atoms with E-state index < -0.39 is 11.6 Å². The molecule has 0 aromatic heterocycles. The summed E-state index contributed by atoms with van der Waals surface area (Å²) in [5.41, 5.74) is 1.24. The molecule has 0 heterocycles. The van der Waals surface area contributed by atoms with E-state index >= 15 is 0 Å². The van der Waals surface area contributed by atoms with E-state index in [0.29, 0.717) is 30.0 Å². The number of amides is 2. The van der Waals surface area contributed by atoms with Crippen molar-refractivity contribution < 1.29 is 23.1 Å². The number of carbonyl (C=O) groups is 2. The van der Waals surface area contributed by atoms with Crippen LogP contribution < -0.4 is 10.6 Å². The lowest BCUT2D eigenvalue weighted by Crippen LogP contribution is -2.28. The fraction of sp³-hybridized carbons (Fsp3) is 0.263. The Bertz CT molecular complexity index is 781. The summed E-state index contributed by atoms with van der Waals surface area (Å²) in [6.45, 7) is 0.738. The van der Waals surface area contributed by atoms with Crippen LogP contribution in [-0.4, -0.2) is 32.1 Å². The van der Waals surface area contributed by atoms with Crippen molar-refractivity contribution in [3.63, 3.8) is 0 Å². The zero-order valence-electron chi connectivity index (χ0n) is 14.4. The van der Waals surface area contributed by atoms with Crippen LogP contribution in [0.5, 0.6) is 0 Å². The van der Waals surface area contributed by atoms with Crippen LogP contribution in [0.4, 0.5) is 14.5 Å². The van der Waals surface area contributed by atoms with Gasteiger partial charge >= 0.3 is 0 Å². The van der Waals surface area contributed by atoms with Crippen LogP contribution in [-0.2, 0) is 16.0 Å². The quantitative estimate of drug-likeness (QED) is 0.710. The number of hydrogen-bond donors (Lipinski definition) is 2. The summed E-state index contributed by atoms with van der Waals surface area (Å²) in [5.74, 6) is -2.52. The fourth-order valence-electron chi connectivity index (χ4n) is 2.32. The molecule has 0 bridgehead atoms. The smallest absolute Gasteiger partial charge is 0.253 e. The highest BCUT2D eigenvalue weighted by Crippen LogP contribution is 2.16. The van der Waals surface area contributed by atoms with E-state index in [-0.39, 0.29) is 24.7 Å². The highest BCUT2D eigenvalue weighted by atomic mass is 19.2. The first kappa shape index (κ1) is 19.5. The number of methoxy groups -OCH3 is 1. The number of halogens is 2. The van der Waals surface area contributed by atoms with Crippen molar-refractivity contribution in [2.24, 2.45) is 0 Å². The van der Waals surface area contributed by atoms with Crippen molar-refractivity contribution in [1.82, 2.24) is 5.32 Å². The lowest BCUT2D eigenvalue weighted by molar-refractivity contribution is -0.116. The molecule has 0 aliphatic carbocycles. The van der Waals surface area contributed by atoms with Crippen LogP contribution in [0.1, 0.15) is 22.3 Å². The van der Waals surface area contributed by atoms with Gasteiger partial charge in [0.2, 0.25) is 5.91 Å². The van der Waals surface area contributed by atoms with Crippen LogP contribution in [0.3, 0.4) is 0 Å². The van der Waals surface area contributed by atoms with Gasteiger partial charge in [0.1, 0.15) is 0 Å². The SMILES string of the molecule is COCCNC(=O)c1ccccc1NC(=O)CCc1ccc(F)c(F)c1. The topological polar surface area (TPSA) is 67.4 Å². The van der Waals surface area contributed by atoms with E-state index in [2.05, 4.69) is 10.6 Å². The molecule has 0 unspecified atom stereocenters. The molecule has 2 amide bonds. The Labute approximate surface area is 150 Å². The maximum absolute atomic E-state index is 13.2. The van der Waals surface area contributed by atoms with E-state index in [1.807, 2.05) is 0 Å². The molecule has 138 valence electrons. The van der Waals surface area contributed by atoms with Gasteiger partial charge in [0.05, 0.1) is 17.9 Å². The molecule has 5 nitrogen and oxygen atoms in total. The molecule has 0 radical (unpaired) electrons. The zero-order chi connectivity index (χ0) is 18.9. The third-order valence-electron chi connectivity index (χ3n) is 3.66. The van der Waals surface area contributed by atoms with Crippen molar-refractivity contribution in [3.8, 4) is 0 Å². The van der Waals surface area contributed by atoms with Crippen LogP contribution in [0, 0.1) is 11.6 Å². The number of hydrogen-bond acceptors (Lipinski definition) is 3. The van der Waals surface area contributed by atoms with E-state index in [1.165, 1.54) is 13.2 Å². The van der Waals surface area contributed by atoms with Crippen molar-refractivity contribution >= 4 is 17.5 Å². The number of para-hydroxylation sites is 1. The second-order valence-corrected chi connectivity index (χ2v) is 5.59. The first-order valence-electron chi connectivity index (χ1n) is 8.11. The molecule has 2 rings (SSSR count). The molecular formula is C19H20F2N2O3. The van der Waals surface area contributed by atoms with Gasteiger partial charge in [-0.25, -0.2) is 8.78 Å². The molecule has 0 spiro atoms. The number of nitrogens with one attached hydrogen (secondary N) is 2. The van der Waals surface area contributed by atoms with Gasteiger partial charge < -0.3 is 15.4 Å². The Kier molecular flexibility index (Phi) is 7.23. The predicted molar refractivity (Wildman–Crippen MR) is 94.0 cm³/mol. The average molecular weight is 362 g/mol. The van der Waals surface area contributed by atoms with Gasteiger partial charge in [-0.2, -0.15) is 0 Å². The molecule has 2 aromatic rings. The first-order valence-corrected chi connectivity index (χ1v) is 8.11. The summed E-state index contributed by atoms with van der Waals surface area (Å²) in [5, 5.41) is 5.37. The van der Waals surface area contributed by atoms with Gasteiger partial charge in [-0.3, -0.25) is 9.59 Å². The monoisotopic (exact) mass is 362 g/mol. The molecule has 0 aliphatic rings. The molecule has 0 aliphatic heterocycles. The van der Waals surface area contributed by atoms with E-state index in [9.17, 15) is 18.4 Å². The van der Waals surface area contributed by atoms with Crippen molar-refractivity contribution in [3.05, 3.63) is 65.2 Å². The minimum Gasteiger partial charge on any atom is -0.383 e. The molecular weight excluding hydrogens is 342 g/mol. The molecule has 7 heteroatoms. The van der Waals surface area contributed by atoms with Crippen LogP contribution >= 0.6 is 0 Å². The molecule has 0 saturated heterocycles. The van der Waals surface area contributed by atoms with Gasteiger partial charge in [-0.1, -0.05) is 18.2 Å². The van der Waals surface area contributed by atoms with Crippen LogP contribution in [0.25, 0.3) is 0 Å². The maximum Gasteiger partial charge on any atom is 0.253 e. The number of aryl methyl sites for hydroxylation is 1. The predicted octanol–water partition coefficient (Wildman–Crippen LogP) is 2.91. The Morgan fingerprint density at radius 2 is 1.85 bits per heavy atom. The highest BCUT2D eigenvalue weighted by molar-refractivity contribution is 6.03. The summed E-state index contributed by atoms with van der Waals surface area (Å²) >= 11 is 0. The lowest BCUT2D eigenvalue weighted by atomic mass is 10.1. The van der Waals surface area contributed by atoms with Gasteiger partial charge in [0.15, 0.2) is 11.6 Å². The van der Waals surface area contributed by atoms with Crippen molar-refractivity contribution in [1.29, 1.82) is 0 Å². The second kappa shape index (κ2) is 9.62. The Hall–Kier alpha value is -2.80. The zero-order valence-corrected chi connectivity index (χ0v) is 14.4. The summed E-state index contributed by atoms with van der Waals surface area (Å²) < 4.78 is 31.0. The normalized spacial score (nSPS) is 10.4. The summed E-state index contributed by atoms with van der Waals surface area (Å²) in [6.07, 6.45) is 0.329. The van der Waals surface area contributed by atoms with E-state index in [4.69, 9.17) is 4.74 Å². The Balaban J connectivity index is 1.96. The minimum absolute atomic E-state index is 0.0741. The standard InChI is InChI=1S/C19H20F2N2O3/c1-26-11-10-22-19(25)14-4-2-3-5-17(14)23-18(24)9-7-13-6-8-15(20)16(21)12-13/h2-6,8,12H,7,9-11H2,1H3,(H,22,25)(H,23,24). The van der Waals surface area contributed by atoms with Crippen molar-refractivity contribution in [2.75, 3.05) is 25.6 Å². The maximum atomic E-state index is 13.2. The number of carbonyl (C=O) groups excluding carboxylic acids is 2. The number of ether oxygens (including phenoxy) is 1. The van der Waals surface area contributed by atoms with Crippen molar-refractivity contribution in [2.45, 2.75) is 12.8 Å². The second-order valence-electron chi connectivity index (χ2n) is 5.59. The minimum atomic E-state index is -0.944. The molecule has 0 atom stereocenters. The van der Waals surface area contributed by atoms with Crippen LogP contribution in [0.2, 0.25) is 0 Å². The van der Waals surface area contributed by atoms with E-state index in [0.717, 1.165) is 12.1 Å². The third kappa shape index (κ3) is 5.63. The van der Waals surface area contributed by atoms with Gasteiger partial charge in [0, 0.05) is 20.1 Å².